The van der Waals surface area contributed by atoms with Crippen molar-refractivity contribution in [3.63, 3.8) is 0 Å². The second-order valence-electron chi connectivity index (χ2n) is 4.30. The number of aliphatic hydroxyl groups is 1. The van der Waals surface area contributed by atoms with Crippen LogP contribution in [0.15, 0.2) is 28.5 Å². The molecule has 5 heteroatoms. The summed E-state index contributed by atoms with van der Waals surface area (Å²) in [6.45, 7) is 4.01. The number of nitrogens with zero attached hydrogens (tertiary/aromatic N) is 1. The molecule has 0 aromatic carbocycles. The second-order valence-corrected chi connectivity index (χ2v) is 5.97. The molecule has 1 N–H and O–H groups in total. The van der Waals surface area contributed by atoms with E-state index in [0.717, 1.165) is 10.4 Å². The van der Waals surface area contributed by atoms with Crippen molar-refractivity contribution in [3.05, 3.63) is 39.0 Å². The second kappa shape index (κ2) is 8.14. The molecule has 0 saturated heterocycles. The zero-order valence-corrected chi connectivity index (χ0v) is 12.9. The van der Waals surface area contributed by atoms with Crippen LogP contribution in [-0.2, 0) is 5.60 Å². The Kier molecular flexibility index (Phi) is 7.21. The van der Waals surface area contributed by atoms with Gasteiger partial charge in [-0.15, -0.1) is 11.3 Å². The summed E-state index contributed by atoms with van der Waals surface area (Å²) in [4.78, 5) is 4.84. The molecule has 1 atom stereocenters. The molecular formula is C13H18LiNOS2. The molecule has 18 heavy (non-hydrogen) atoms. The normalized spacial score (nSPS) is 13.6. The Morgan fingerprint density at radius 3 is 2.67 bits per heavy atom. The summed E-state index contributed by atoms with van der Waals surface area (Å²) in [5.41, 5.74) is 1.78. The first-order valence-electron chi connectivity index (χ1n) is 6.26. The molecule has 0 aliphatic heterocycles. The third-order valence-corrected chi connectivity index (χ3v) is 4.37. The molecular weight excluding hydrogens is 257 g/mol. The van der Waals surface area contributed by atoms with Crippen LogP contribution in [0.25, 0.3) is 0 Å². The van der Waals surface area contributed by atoms with Crippen molar-refractivity contribution in [3.8, 4) is 0 Å². The predicted molar refractivity (Wildman–Crippen MR) is 80.6 cm³/mol. The first kappa shape index (κ1) is 15.9. The van der Waals surface area contributed by atoms with Crippen LogP contribution >= 0.6 is 22.7 Å². The van der Waals surface area contributed by atoms with Gasteiger partial charge in [-0.1, -0.05) is 0 Å². The van der Waals surface area contributed by atoms with E-state index in [9.17, 15) is 5.11 Å². The Labute approximate surface area is 126 Å². The van der Waals surface area contributed by atoms with Crippen molar-refractivity contribution >= 4 is 40.4 Å². The summed E-state index contributed by atoms with van der Waals surface area (Å²) in [7, 11) is 0. The van der Waals surface area contributed by atoms with Gasteiger partial charge in [0.05, 0.1) is 10.4 Å². The summed E-state index contributed by atoms with van der Waals surface area (Å²) in [5.74, 6) is 0. The topological polar surface area (TPSA) is 33.1 Å². The number of unbranched alkanes of at least 4 members (excludes halogenated alkanes) is 1. The monoisotopic (exact) mass is 275 g/mol. The molecule has 94 valence electrons. The summed E-state index contributed by atoms with van der Waals surface area (Å²) < 4.78 is 0. The Balaban J connectivity index is 0.000000280. The molecule has 2 aromatic rings. The molecule has 1 unspecified atom stereocenters. The molecule has 0 radical (unpaired) electrons. The zero-order chi connectivity index (χ0) is 13.4. The Bertz CT molecular complexity index is 374. The van der Waals surface area contributed by atoms with E-state index in [-0.39, 0.29) is 0 Å². The number of hydrogen-bond acceptors (Lipinski definition) is 4. The van der Waals surface area contributed by atoms with Gasteiger partial charge >= 0.3 is 42.6 Å². The van der Waals surface area contributed by atoms with Crippen LogP contribution in [0.1, 0.15) is 37.1 Å². The van der Waals surface area contributed by atoms with Crippen molar-refractivity contribution in [2.75, 3.05) is 0 Å². The SMILES string of the molecule is CC(O)(c1ccsc1)c1cncs1.[Li][CH2]CCC. The summed E-state index contributed by atoms with van der Waals surface area (Å²) in [6.07, 6.45) is 4.44. The van der Waals surface area contributed by atoms with Gasteiger partial charge in [-0.2, -0.15) is 11.3 Å². The van der Waals surface area contributed by atoms with E-state index < -0.39 is 5.60 Å². The van der Waals surface area contributed by atoms with Crippen LogP contribution in [0.4, 0.5) is 0 Å². The third-order valence-electron chi connectivity index (χ3n) is 2.70. The fraction of sp³-hybridized carbons (Fsp3) is 0.462. The van der Waals surface area contributed by atoms with E-state index in [1.54, 1.807) is 30.0 Å². The predicted octanol–water partition coefficient (Wildman–Crippen LogP) is 3.83. The van der Waals surface area contributed by atoms with Gasteiger partial charge in [-0.05, 0) is 29.3 Å². The fourth-order valence-corrected chi connectivity index (χ4v) is 2.96. The number of aromatic nitrogens is 1. The van der Waals surface area contributed by atoms with Gasteiger partial charge in [-0.25, -0.2) is 0 Å². The van der Waals surface area contributed by atoms with Crippen LogP contribution in [0.3, 0.4) is 0 Å². The molecule has 2 aromatic heterocycles. The van der Waals surface area contributed by atoms with Crippen LogP contribution < -0.4 is 0 Å². The quantitative estimate of drug-likeness (QED) is 0.860. The molecule has 0 saturated carbocycles. The Morgan fingerprint density at radius 1 is 1.50 bits per heavy atom. The Hall–Kier alpha value is -0.113. The van der Waals surface area contributed by atoms with Crippen molar-refractivity contribution in [1.82, 2.24) is 4.98 Å². The van der Waals surface area contributed by atoms with Gasteiger partial charge in [-0.3, -0.25) is 4.98 Å². The molecule has 0 aliphatic carbocycles. The van der Waals surface area contributed by atoms with E-state index in [1.807, 2.05) is 16.8 Å². The minimum atomic E-state index is -0.888. The van der Waals surface area contributed by atoms with Crippen molar-refractivity contribution in [2.24, 2.45) is 0 Å². The minimum absolute atomic E-state index is 0.880. The fourth-order valence-electron chi connectivity index (χ4n) is 1.49. The van der Waals surface area contributed by atoms with Crippen LogP contribution in [0.2, 0.25) is 5.09 Å². The van der Waals surface area contributed by atoms with E-state index in [2.05, 4.69) is 29.6 Å². The van der Waals surface area contributed by atoms with Crippen LogP contribution in [0, 0.1) is 0 Å². The molecule has 2 nitrogen and oxygen atoms in total. The van der Waals surface area contributed by atoms with Crippen molar-refractivity contribution in [1.29, 1.82) is 0 Å². The first-order valence-corrected chi connectivity index (χ1v) is 8.09. The molecule has 2 heterocycles. The van der Waals surface area contributed by atoms with Crippen LogP contribution in [0.5, 0.6) is 0 Å². The van der Waals surface area contributed by atoms with Gasteiger partial charge in [0.2, 0.25) is 0 Å². The molecule has 2 rings (SSSR count). The zero-order valence-electron chi connectivity index (χ0n) is 11.2. The number of thiophene rings is 1. The van der Waals surface area contributed by atoms with Gasteiger partial charge in [0.1, 0.15) is 5.60 Å². The summed E-state index contributed by atoms with van der Waals surface area (Å²) >= 11 is 5.27. The molecule has 0 amide bonds. The number of thiazole rings is 1. The molecule has 0 fully saturated rings. The van der Waals surface area contributed by atoms with Gasteiger partial charge in [0, 0.05) is 6.20 Å². The van der Waals surface area contributed by atoms with Gasteiger partial charge in [0.15, 0.2) is 0 Å². The van der Waals surface area contributed by atoms with Crippen molar-refractivity contribution < 1.29 is 5.11 Å². The van der Waals surface area contributed by atoms with E-state index in [0.29, 0.717) is 0 Å². The Morgan fingerprint density at radius 2 is 2.28 bits per heavy atom. The number of hydrogen-bond donors (Lipinski definition) is 1. The summed E-state index contributed by atoms with van der Waals surface area (Å²) in [6, 6.07) is 1.93. The van der Waals surface area contributed by atoms with Gasteiger partial charge < -0.3 is 5.11 Å². The first-order chi connectivity index (χ1) is 8.62. The van der Waals surface area contributed by atoms with E-state index >= 15 is 0 Å². The van der Waals surface area contributed by atoms with Crippen LogP contribution in [-0.4, -0.2) is 27.8 Å². The third kappa shape index (κ3) is 4.53. The standard InChI is InChI=1S/C9H9NOS2.C4H9.Li/c1-9(11,7-2-3-12-5-7)8-4-10-6-13-8;1-3-4-2;/h2-6,11H,1H3;1,3-4H2,2H3;. The molecule has 0 spiro atoms. The van der Waals surface area contributed by atoms with Gasteiger partial charge in [0.25, 0.3) is 0 Å². The maximum atomic E-state index is 10.2. The van der Waals surface area contributed by atoms with E-state index in [4.69, 9.17) is 0 Å². The maximum absolute atomic E-state index is 10.2. The molecule has 0 bridgehead atoms. The average Bonchev–Trinajstić information content (AvgIpc) is 3.05. The summed E-state index contributed by atoms with van der Waals surface area (Å²) in [5, 5.41) is 15.5. The van der Waals surface area contributed by atoms with E-state index in [1.165, 1.54) is 29.3 Å². The number of rotatable bonds is 4. The average molecular weight is 275 g/mol. The molecule has 0 aliphatic rings. The van der Waals surface area contributed by atoms with Crippen molar-refractivity contribution in [2.45, 2.75) is 37.4 Å².